The predicted molar refractivity (Wildman–Crippen MR) is 53.7 cm³/mol. The van der Waals surface area contributed by atoms with E-state index in [1.165, 1.54) is 0 Å². The molecule has 0 aromatic carbocycles. The summed E-state index contributed by atoms with van der Waals surface area (Å²) < 4.78 is 11.1. The Kier molecular flexibility index (Phi) is 3.74. The first kappa shape index (κ1) is 11.0. The maximum absolute atomic E-state index is 5.90. The molecule has 1 rings (SSSR count). The molecule has 5 unspecified atom stereocenters. The summed E-state index contributed by atoms with van der Waals surface area (Å²) in [6.07, 6.45) is 0.651. The summed E-state index contributed by atoms with van der Waals surface area (Å²) in [6, 6.07) is 0. The van der Waals surface area contributed by atoms with Gasteiger partial charge in [0.2, 0.25) is 0 Å². The Labute approximate surface area is 81.6 Å². The number of methoxy groups -OCH3 is 1. The second kappa shape index (κ2) is 4.43. The van der Waals surface area contributed by atoms with Gasteiger partial charge in [0.05, 0.1) is 18.8 Å². The summed E-state index contributed by atoms with van der Waals surface area (Å²) in [4.78, 5) is 0. The van der Waals surface area contributed by atoms with Crippen LogP contribution in [-0.2, 0) is 9.47 Å². The molecule has 1 aliphatic rings. The lowest BCUT2D eigenvalue weighted by molar-refractivity contribution is -0.144. The molecule has 0 spiro atoms. The fourth-order valence-electron chi connectivity index (χ4n) is 2.12. The van der Waals surface area contributed by atoms with Gasteiger partial charge < -0.3 is 9.47 Å². The van der Waals surface area contributed by atoms with Crippen LogP contribution in [0, 0.1) is 17.8 Å². The fraction of sp³-hybridized carbons (Fsp3) is 1.00. The molecule has 0 N–H and O–H groups in total. The van der Waals surface area contributed by atoms with Gasteiger partial charge in [-0.05, 0) is 24.7 Å². The summed E-state index contributed by atoms with van der Waals surface area (Å²) in [6.45, 7) is 9.74. The van der Waals surface area contributed by atoms with E-state index in [0.717, 1.165) is 12.5 Å². The van der Waals surface area contributed by atoms with Crippen LogP contribution in [0.2, 0.25) is 0 Å². The van der Waals surface area contributed by atoms with Gasteiger partial charge in [-0.2, -0.15) is 0 Å². The van der Waals surface area contributed by atoms with Crippen molar-refractivity contribution in [2.45, 2.75) is 39.9 Å². The predicted octanol–water partition coefficient (Wildman–Crippen LogP) is 2.33. The Morgan fingerprint density at radius 2 is 1.62 bits per heavy atom. The van der Waals surface area contributed by atoms with Gasteiger partial charge in [-0.3, -0.25) is 0 Å². The van der Waals surface area contributed by atoms with Crippen molar-refractivity contribution in [2.24, 2.45) is 17.8 Å². The van der Waals surface area contributed by atoms with Gasteiger partial charge in [0.25, 0.3) is 0 Å². The van der Waals surface area contributed by atoms with Crippen LogP contribution in [0.15, 0.2) is 0 Å². The molecule has 1 fully saturated rings. The van der Waals surface area contributed by atoms with Gasteiger partial charge in [-0.1, -0.05) is 20.8 Å². The summed E-state index contributed by atoms with van der Waals surface area (Å²) in [5.41, 5.74) is 0. The number of hydrogen-bond acceptors (Lipinski definition) is 2. The third-order valence-corrected chi connectivity index (χ3v) is 3.71. The standard InChI is InChI=1S/C11H22O2/c1-7-8(2)10(4)13-11(6-12-5)9(7)3/h7-11H,6H2,1-5H3. The summed E-state index contributed by atoms with van der Waals surface area (Å²) >= 11 is 0. The van der Waals surface area contributed by atoms with Crippen LogP contribution in [0.4, 0.5) is 0 Å². The van der Waals surface area contributed by atoms with E-state index in [1.807, 2.05) is 0 Å². The fourth-order valence-corrected chi connectivity index (χ4v) is 2.12. The molecule has 1 heterocycles. The first-order valence-electron chi connectivity index (χ1n) is 5.22. The minimum absolute atomic E-state index is 0.284. The molecule has 0 aromatic heterocycles. The van der Waals surface area contributed by atoms with Crippen molar-refractivity contribution >= 4 is 0 Å². The molecule has 0 bridgehead atoms. The topological polar surface area (TPSA) is 18.5 Å². The minimum atomic E-state index is 0.284. The van der Waals surface area contributed by atoms with Crippen LogP contribution in [0.5, 0.6) is 0 Å². The highest BCUT2D eigenvalue weighted by Crippen LogP contribution is 2.34. The van der Waals surface area contributed by atoms with Gasteiger partial charge in [0.1, 0.15) is 0 Å². The van der Waals surface area contributed by atoms with Crippen LogP contribution in [0.3, 0.4) is 0 Å². The molecule has 0 aromatic rings. The lowest BCUT2D eigenvalue weighted by Gasteiger charge is -2.42. The molecular formula is C11H22O2. The van der Waals surface area contributed by atoms with E-state index in [2.05, 4.69) is 27.7 Å². The molecule has 1 saturated heterocycles. The average Bonchev–Trinajstić information content (AvgIpc) is 2.11. The Bertz CT molecular complexity index is 158. The normalized spacial score (nSPS) is 46.4. The molecule has 2 heteroatoms. The molecule has 0 amide bonds. The lowest BCUT2D eigenvalue weighted by Crippen LogP contribution is -2.45. The monoisotopic (exact) mass is 186 g/mol. The van der Waals surface area contributed by atoms with Crippen molar-refractivity contribution in [1.82, 2.24) is 0 Å². The van der Waals surface area contributed by atoms with Crippen LogP contribution in [-0.4, -0.2) is 25.9 Å². The highest BCUT2D eigenvalue weighted by Gasteiger charge is 2.36. The SMILES string of the molecule is COCC1OC(C)C(C)C(C)C1C. The third-order valence-electron chi connectivity index (χ3n) is 3.71. The Morgan fingerprint density at radius 1 is 1.00 bits per heavy atom. The molecule has 5 atom stereocenters. The van der Waals surface area contributed by atoms with Crippen LogP contribution >= 0.6 is 0 Å². The van der Waals surface area contributed by atoms with E-state index < -0.39 is 0 Å². The molecule has 78 valence electrons. The smallest absolute Gasteiger partial charge is 0.0840 e. The Balaban J connectivity index is 2.59. The quantitative estimate of drug-likeness (QED) is 0.659. The highest BCUT2D eigenvalue weighted by molar-refractivity contribution is 4.83. The largest absolute Gasteiger partial charge is 0.382 e. The zero-order valence-electron chi connectivity index (χ0n) is 9.41. The molecule has 13 heavy (non-hydrogen) atoms. The Morgan fingerprint density at radius 3 is 2.15 bits per heavy atom. The van der Waals surface area contributed by atoms with Gasteiger partial charge in [-0.25, -0.2) is 0 Å². The van der Waals surface area contributed by atoms with Gasteiger partial charge in [-0.15, -0.1) is 0 Å². The summed E-state index contributed by atoms with van der Waals surface area (Å²) in [5, 5.41) is 0. The zero-order valence-corrected chi connectivity index (χ0v) is 9.41. The first-order chi connectivity index (χ1) is 6.07. The number of ether oxygens (including phenoxy) is 2. The van der Waals surface area contributed by atoms with Crippen molar-refractivity contribution in [3.63, 3.8) is 0 Å². The van der Waals surface area contributed by atoms with Crippen molar-refractivity contribution in [3.8, 4) is 0 Å². The van der Waals surface area contributed by atoms with E-state index >= 15 is 0 Å². The van der Waals surface area contributed by atoms with Crippen molar-refractivity contribution in [3.05, 3.63) is 0 Å². The molecule has 0 saturated carbocycles. The molecular weight excluding hydrogens is 164 g/mol. The van der Waals surface area contributed by atoms with E-state index in [4.69, 9.17) is 9.47 Å². The van der Waals surface area contributed by atoms with Crippen LogP contribution < -0.4 is 0 Å². The molecule has 1 aliphatic heterocycles. The number of rotatable bonds is 2. The molecule has 0 radical (unpaired) electrons. The van der Waals surface area contributed by atoms with E-state index in [-0.39, 0.29) is 6.10 Å². The van der Waals surface area contributed by atoms with Gasteiger partial charge in [0.15, 0.2) is 0 Å². The zero-order chi connectivity index (χ0) is 10.0. The van der Waals surface area contributed by atoms with E-state index in [0.29, 0.717) is 17.9 Å². The number of hydrogen-bond donors (Lipinski definition) is 0. The molecule has 0 aliphatic carbocycles. The third kappa shape index (κ3) is 2.23. The first-order valence-corrected chi connectivity index (χ1v) is 5.22. The second-order valence-corrected chi connectivity index (χ2v) is 4.41. The van der Waals surface area contributed by atoms with Crippen LogP contribution in [0.1, 0.15) is 27.7 Å². The minimum Gasteiger partial charge on any atom is -0.382 e. The van der Waals surface area contributed by atoms with Crippen molar-refractivity contribution < 1.29 is 9.47 Å². The van der Waals surface area contributed by atoms with E-state index in [1.54, 1.807) is 7.11 Å². The van der Waals surface area contributed by atoms with Crippen molar-refractivity contribution in [1.29, 1.82) is 0 Å². The van der Waals surface area contributed by atoms with Gasteiger partial charge in [0, 0.05) is 7.11 Å². The lowest BCUT2D eigenvalue weighted by atomic mass is 9.77. The van der Waals surface area contributed by atoms with Gasteiger partial charge >= 0.3 is 0 Å². The van der Waals surface area contributed by atoms with Crippen molar-refractivity contribution in [2.75, 3.05) is 13.7 Å². The maximum atomic E-state index is 5.90. The van der Waals surface area contributed by atoms with E-state index in [9.17, 15) is 0 Å². The average molecular weight is 186 g/mol. The summed E-state index contributed by atoms with van der Waals surface area (Å²) in [7, 11) is 1.74. The maximum Gasteiger partial charge on any atom is 0.0840 e. The highest BCUT2D eigenvalue weighted by atomic mass is 16.5. The summed E-state index contributed by atoms with van der Waals surface area (Å²) in [5.74, 6) is 1.98. The van der Waals surface area contributed by atoms with Crippen LogP contribution in [0.25, 0.3) is 0 Å². The molecule has 2 nitrogen and oxygen atoms in total. The second-order valence-electron chi connectivity index (χ2n) is 4.41. The Hall–Kier alpha value is -0.0800.